The molecule has 21 heavy (non-hydrogen) atoms. The molecule has 1 aromatic heterocycles. The topological polar surface area (TPSA) is 71.5 Å². The number of ketones is 1. The third-order valence-corrected chi connectivity index (χ3v) is 5.10. The van der Waals surface area contributed by atoms with Crippen LogP contribution in [-0.4, -0.2) is 60.0 Å². The number of aromatic nitrogens is 1. The molecule has 2 fully saturated rings. The Morgan fingerprint density at radius 1 is 1.38 bits per heavy atom. The van der Waals surface area contributed by atoms with E-state index in [-0.39, 0.29) is 23.8 Å². The Kier molecular flexibility index (Phi) is 4.32. The Balaban J connectivity index is 1.64. The number of hydrogen-bond donors (Lipinski definition) is 1. The fourth-order valence-electron chi connectivity index (χ4n) is 2.90. The van der Waals surface area contributed by atoms with Gasteiger partial charge in [0.1, 0.15) is 4.88 Å². The zero-order valence-electron chi connectivity index (χ0n) is 12.0. The number of carbonyl (C=O) groups is 2. The van der Waals surface area contributed by atoms with Crippen LogP contribution < -0.4 is 5.32 Å². The summed E-state index contributed by atoms with van der Waals surface area (Å²) in [5.41, 5.74) is 0. The molecule has 0 bridgehead atoms. The van der Waals surface area contributed by atoms with Gasteiger partial charge in [-0.15, -0.1) is 11.3 Å². The summed E-state index contributed by atoms with van der Waals surface area (Å²) in [4.78, 5) is 30.4. The molecule has 2 aliphatic rings. The summed E-state index contributed by atoms with van der Waals surface area (Å²) in [5, 5.41) is 3.40. The largest absolute Gasteiger partial charge is 0.378 e. The molecule has 0 saturated carbocycles. The number of nitrogens with zero attached hydrogens (tertiary/aromatic N) is 2. The molecule has 0 radical (unpaired) electrons. The van der Waals surface area contributed by atoms with Crippen molar-refractivity contribution in [3.8, 4) is 0 Å². The number of hydrogen-bond acceptors (Lipinski definition) is 6. The smallest absolute Gasteiger partial charge is 0.263 e. The Morgan fingerprint density at radius 3 is 2.81 bits per heavy atom. The number of amides is 1. The van der Waals surface area contributed by atoms with Gasteiger partial charge in [-0.2, -0.15) is 0 Å². The fraction of sp³-hybridized carbons (Fsp3) is 0.643. The Morgan fingerprint density at radius 2 is 2.14 bits per heavy atom. The molecule has 6 nitrogen and oxygen atoms in total. The molecule has 2 aliphatic heterocycles. The highest BCUT2D eigenvalue weighted by atomic mass is 32.1. The van der Waals surface area contributed by atoms with Gasteiger partial charge in [-0.1, -0.05) is 0 Å². The predicted molar refractivity (Wildman–Crippen MR) is 78.8 cm³/mol. The van der Waals surface area contributed by atoms with Crippen molar-refractivity contribution in [1.29, 1.82) is 0 Å². The van der Waals surface area contributed by atoms with Crippen molar-refractivity contribution in [3.05, 3.63) is 16.1 Å². The van der Waals surface area contributed by atoms with Crippen LogP contribution in [0.1, 0.15) is 39.2 Å². The first-order chi connectivity index (χ1) is 10.1. The Hall–Kier alpha value is -1.31. The van der Waals surface area contributed by atoms with Crippen LogP contribution in [0.15, 0.2) is 6.20 Å². The van der Waals surface area contributed by atoms with Crippen LogP contribution in [0.3, 0.4) is 0 Å². The lowest BCUT2D eigenvalue weighted by atomic mass is 10.1. The molecule has 0 aliphatic carbocycles. The summed E-state index contributed by atoms with van der Waals surface area (Å²) in [6.07, 6.45) is 3.90. The highest BCUT2D eigenvalue weighted by Gasteiger charge is 2.35. The van der Waals surface area contributed by atoms with Crippen LogP contribution in [0, 0.1) is 0 Å². The minimum absolute atomic E-state index is 0.0125. The summed E-state index contributed by atoms with van der Waals surface area (Å²) in [5.74, 6) is -0.280. The zero-order chi connectivity index (χ0) is 14.8. The molecule has 3 heterocycles. The van der Waals surface area contributed by atoms with E-state index in [2.05, 4.69) is 15.2 Å². The third kappa shape index (κ3) is 3.14. The first kappa shape index (κ1) is 14.6. The molecular weight excluding hydrogens is 290 g/mol. The second-order valence-corrected chi connectivity index (χ2v) is 6.54. The molecule has 7 heteroatoms. The molecule has 1 amide bonds. The second-order valence-electron chi connectivity index (χ2n) is 5.51. The van der Waals surface area contributed by atoms with E-state index in [0.717, 1.165) is 24.4 Å². The van der Waals surface area contributed by atoms with Gasteiger partial charge in [-0.05, 0) is 25.9 Å². The Bertz CT molecular complexity index is 539. The molecule has 2 saturated heterocycles. The van der Waals surface area contributed by atoms with Crippen molar-refractivity contribution in [2.45, 2.75) is 31.8 Å². The SMILES string of the molecule is CC(=O)c1ncc(C(=O)N[C@H]2COC[C@@H]2N2CCCC2)s1. The zero-order valence-corrected chi connectivity index (χ0v) is 12.8. The first-order valence-electron chi connectivity index (χ1n) is 7.24. The van der Waals surface area contributed by atoms with Crippen molar-refractivity contribution in [2.24, 2.45) is 0 Å². The number of nitrogens with one attached hydrogen (secondary N) is 1. The number of Topliss-reactive ketones (excluding diaryl/α,β-unsaturated/α-hetero) is 1. The van der Waals surface area contributed by atoms with E-state index in [1.54, 1.807) is 0 Å². The highest BCUT2D eigenvalue weighted by molar-refractivity contribution is 7.15. The van der Waals surface area contributed by atoms with Gasteiger partial charge in [0.05, 0.1) is 31.5 Å². The van der Waals surface area contributed by atoms with Crippen LogP contribution in [0.5, 0.6) is 0 Å². The molecule has 1 aromatic rings. The normalized spacial score (nSPS) is 26.1. The maximum absolute atomic E-state index is 12.3. The Labute approximate surface area is 127 Å². The maximum atomic E-state index is 12.3. The summed E-state index contributed by atoms with van der Waals surface area (Å²) in [6, 6.07) is 0.273. The van der Waals surface area contributed by atoms with Gasteiger partial charge in [0.2, 0.25) is 0 Å². The summed E-state index contributed by atoms with van der Waals surface area (Å²) in [7, 11) is 0. The maximum Gasteiger partial charge on any atom is 0.263 e. The van der Waals surface area contributed by atoms with Gasteiger partial charge in [0.25, 0.3) is 5.91 Å². The van der Waals surface area contributed by atoms with Crippen LogP contribution >= 0.6 is 11.3 Å². The number of rotatable bonds is 4. The lowest BCUT2D eigenvalue weighted by Crippen LogP contribution is -2.50. The number of ether oxygens (including phenoxy) is 1. The van der Waals surface area contributed by atoms with Crippen molar-refractivity contribution in [2.75, 3.05) is 26.3 Å². The van der Waals surface area contributed by atoms with E-state index in [1.807, 2.05) is 0 Å². The molecule has 0 unspecified atom stereocenters. The average molecular weight is 309 g/mol. The molecule has 0 spiro atoms. The summed E-state index contributed by atoms with van der Waals surface area (Å²) < 4.78 is 5.54. The van der Waals surface area contributed by atoms with E-state index in [9.17, 15) is 9.59 Å². The van der Waals surface area contributed by atoms with Crippen LogP contribution in [0.2, 0.25) is 0 Å². The van der Waals surface area contributed by atoms with Gasteiger partial charge in [-0.3, -0.25) is 14.5 Å². The van der Waals surface area contributed by atoms with Crippen molar-refractivity contribution in [1.82, 2.24) is 15.2 Å². The fourth-order valence-corrected chi connectivity index (χ4v) is 3.61. The quantitative estimate of drug-likeness (QED) is 0.838. The summed E-state index contributed by atoms with van der Waals surface area (Å²) in [6.45, 7) is 4.83. The van der Waals surface area contributed by atoms with Gasteiger partial charge >= 0.3 is 0 Å². The van der Waals surface area contributed by atoms with Crippen molar-refractivity contribution < 1.29 is 14.3 Å². The van der Waals surface area contributed by atoms with Crippen LogP contribution in [0.4, 0.5) is 0 Å². The van der Waals surface area contributed by atoms with Crippen molar-refractivity contribution >= 4 is 23.0 Å². The molecule has 2 atom stereocenters. The van der Waals surface area contributed by atoms with Gasteiger partial charge in [-0.25, -0.2) is 4.98 Å². The average Bonchev–Trinajstić information content (AvgIpc) is 3.19. The monoisotopic (exact) mass is 309 g/mol. The number of thiazole rings is 1. The minimum Gasteiger partial charge on any atom is -0.378 e. The van der Waals surface area contributed by atoms with Crippen LogP contribution in [-0.2, 0) is 4.74 Å². The predicted octanol–water partition coefficient (Wildman–Crippen LogP) is 0.939. The van der Waals surface area contributed by atoms with E-state index in [0.29, 0.717) is 23.1 Å². The summed E-state index contributed by atoms with van der Waals surface area (Å²) >= 11 is 1.14. The molecule has 3 rings (SSSR count). The number of likely N-dealkylation sites (tertiary alicyclic amines) is 1. The van der Waals surface area contributed by atoms with Gasteiger partial charge < -0.3 is 10.1 Å². The molecule has 1 N–H and O–H groups in total. The second kappa shape index (κ2) is 6.21. The third-order valence-electron chi connectivity index (χ3n) is 4.01. The van der Waals surface area contributed by atoms with Crippen LogP contribution in [0.25, 0.3) is 0 Å². The standard InChI is InChI=1S/C14H19N3O3S/c1-9(18)14-15-6-12(21-14)13(19)16-10-7-20-8-11(10)17-4-2-3-5-17/h6,10-11H,2-5,7-8H2,1H3,(H,16,19)/t10-,11-/m0/s1. The highest BCUT2D eigenvalue weighted by Crippen LogP contribution is 2.20. The van der Waals surface area contributed by atoms with E-state index >= 15 is 0 Å². The minimum atomic E-state index is -0.167. The van der Waals surface area contributed by atoms with E-state index < -0.39 is 0 Å². The lowest BCUT2D eigenvalue weighted by molar-refractivity contribution is 0.0920. The molecule has 114 valence electrons. The molecule has 0 aromatic carbocycles. The van der Waals surface area contributed by atoms with Gasteiger partial charge in [0, 0.05) is 6.92 Å². The lowest BCUT2D eigenvalue weighted by Gasteiger charge is -2.27. The number of carbonyl (C=O) groups excluding carboxylic acids is 2. The van der Waals surface area contributed by atoms with Crippen molar-refractivity contribution in [3.63, 3.8) is 0 Å². The van der Waals surface area contributed by atoms with E-state index in [4.69, 9.17) is 4.74 Å². The van der Waals surface area contributed by atoms with Gasteiger partial charge in [0.15, 0.2) is 10.8 Å². The first-order valence-corrected chi connectivity index (χ1v) is 8.06. The molecular formula is C14H19N3O3S. The van der Waals surface area contributed by atoms with E-state index in [1.165, 1.54) is 26.0 Å².